The van der Waals surface area contributed by atoms with Gasteiger partial charge in [0, 0.05) is 0 Å². The molecule has 2 heteroatoms. The van der Waals surface area contributed by atoms with Crippen LogP contribution in [0.4, 0.5) is 0 Å². The predicted octanol–water partition coefficient (Wildman–Crippen LogP) is 0.946. The van der Waals surface area contributed by atoms with E-state index < -0.39 is 0 Å². The van der Waals surface area contributed by atoms with E-state index in [1.54, 1.807) is 0 Å². The van der Waals surface area contributed by atoms with Crippen LogP contribution in [0.25, 0.3) is 0 Å². The minimum atomic E-state index is -0.0405. The largest absolute Gasteiger partial charge is 0.328 e. The van der Waals surface area contributed by atoms with Gasteiger partial charge in [0.1, 0.15) is 9.68 Å². The van der Waals surface area contributed by atoms with Gasteiger partial charge < -0.3 is 4.57 Å². The molecule has 0 atom stereocenters. The van der Waals surface area contributed by atoms with E-state index in [0.29, 0.717) is 0 Å². The van der Waals surface area contributed by atoms with Crippen molar-refractivity contribution in [1.82, 2.24) is 4.57 Å². The molecule has 0 amide bonds. The van der Waals surface area contributed by atoms with Crippen LogP contribution in [0.5, 0.6) is 0 Å². The minimum absolute atomic E-state index is 0.0405. The van der Waals surface area contributed by atoms with E-state index in [-0.39, 0.29) is 9.68 Å². The lowest BCUT2D eigenvalue weighted by Crippen LogP contribution is -2.20. The summed E-state index contributed by atoms with van der Waals surface area (Å²) in [6, 6.07) is 0. The highest BCUT2D eigenvalue weighted by Crippen LogP contribution is 1.87. The van der Waals surface area contributed by atoms with Crippen LogP contribution in [0.15, 0.2) is 11.3 Å². The Kier molecular flexibility index (Phi) is 4.72. The monoisotopic (exact) mass is 143 g/mol. The van der Waals surface area contributed by atoms with Gasteiger partial charge in [0.05, 0.1) is 0 Å². The molecule has 0 unspecified atom stereocenters. The zero-order valence-corrected chi connectivity index (χ0v) is 8.35. The third-order valence-electron chi connectivity index (χ3n) is 1.35. The first-order chi connectivity index (χ1) is 4.16. The lowest BCUT2D eigenvalue weighted by atomic mass is 10.4. The molecule has 0 N–H and O–H groups in total. The minimum Gasteiger partial charge on any atom is -0.328 e. The summed E-state index contributed by atoms with van der Waals surface area (Å²) in [6.45, 7) is 7.72. The van der Waals surface area contributed by atoms with E-state index in [1.807, 2.05) is 0 Å². The fourth-order valence-electron chi connectivity index (χ4n) is 0.468. The fraction of sp³-hybridized carbons (Fsp3) is 0.714. The van der Waals surface area contributed by atoms with Gasteiger partial charge in [0.25, 0.3) is 0 Å². The van der Waals surface area contributed by atoms with Crippen LogP contribution in [0.3, 0.4) is 0 Å². The molecule has 0 aliphatic heterocycles. The molecule has 0 aromatic carbocycles. The molecule has 0 saturated carbocycles. The Balaban J connectivity index is 3.37. The maximum Gasteiger partial charge on any atom is 0.119 e. The molecule has 0 bridgehead atoms. The van der Waals surface area contributed by atoms with Crippen molar-refractivity contribution in [1.29, 1.82) is 0 Å². The summed E-state index contributed by atoms with van der Waals surface area (Å²) >= 11 is 0. The normalized spacial score (nSPS) is 11.2. The number of hydrogen-bond acceptors (Lipinski definition) is 1. The van der Waals surface area contributed by atoms with Crippen LogP contribution in [-0.2, 0) is 0 Å². The van der Waals surface area contributed by atoms with Crippen molar-refractivity contribution in [3.05, 3.63) is 11.3 Å². The van der Waals surface area contributed by atoms with Crippen LogP contribution >= 0.6 is 0 Å². The van der Waals surface area contributed by atoms with Crippen molar-refractivity contribution >= 4 is 9.68 Å². The Morgan fingerprint density at radius 3 is 2.44 bits per heavy atom. The van der Waals surface area contributed by atoms with Crippen molar-refractivity contribution in [3.8, 4) is 0 Å². The van der Waals surface area contributed by atoms with Gasteiger partial charge in [-0.05, 0) is 27.4 Å². The van der Waals surface area contributed by atoms with Crippen molar-refractivity contribution in [3.63, 3.8) is 0 Å². The van der Waals surface area contributed by atoms with Crippen molar-refractivity contribution < 1.29 is 0 Å². The molecule has 0 spiro atoms. The van der Waals surface area contributed by atoms with Gasteiger partial charge in [0.2, 0.25) is 0 Å². The van der Waals surface area contributed by atoms with E-state index in [4.69, 9.17) is 0 Å². The Morgan fingerprint density at radius 1 is 1.56 bits per heavy atom. The van der Waals surface area contributed by atoms with Crippen LogP contribution in [0.2, 0.25) is 0 Å². The van der Waals surface area contributed by atoms with Gasteiger partial charge in [-0.2, -0.15) is 0 Å². The average Bonchev–Trinajstić information content (AvgIpc) is 1.83. The van der Waals surface area contributed by atoms with Gasteiger partial charge >= 0.3 is 0 Å². The second-order valence-electron chi connectivity index (χ2n) is 2.64. The van der Waals surface area contributed by atoms with Crippen LogP contribution in [-0.4, -0.2) is 27.8 Å². The van der Waals surface area contributed by atoms with Crippen LogP contribution < -0.4 is 0 Å². The molecule has 54 valence electrons. The molecule has 0 aromatic heterocycles. The van der Waals surface area contributed by atoms with E-state index in [0.717, 1.165) is 0 Å². The first kappa shape index (κ1) is 8.92. The summed E-state index contributed by atoms with van der Waals surface area (Å²) in [5, 5.41) is 0. The van der Waals surface area contributed by atoms with E-state index in [2.05, 4.69) is 38.1 Å². The highest BCUT2D eigenvalue weighted by Gasteiger charge is 1.88. The first-order valence-corrected chi connectivity index (χ1v) is 4.93. The molecule has 0 heterocycles. The summed E-state index contributed by atoms with van der Waals surface area (Å²) in [5.74, 6) is 0. The van der Waals surface area contributed by atoms with Gasteiger partial charge in [-0.1, -0.05) is 18.2 Å². The molecular formula is C7H17NSi. The Labute approximate surface area is 60.7 Å². The molecule has 0 rings (SSSR count). The van der Waals surface area contributed by atoms with Crippen LogP contribution in [0.1, 0.15) is 20.8 Å². The third-order valence-corrected chi connectivity index (χ3v) is 3.42. The first-order valence-electron chi connectivity index (χ1n) is 3.48. The maximum atomic E-state index is 2.41. The molecule has 0 aromatic rings. The Morgan fingerprint density at radius 2 is 2.11 bits per heavy atom. The smallest absolute Gasteiger partial charge is 0.119 e. The summed E-state index contributed by atoms with van der Waals surface area (Å²) in [7, 11) is 2.15. The highest BCUT2D eigenvalue weighted by molar-refractivity contribution is 6.38. The molecule has 0 fully saturated rings. The SMILES string of the molecule is CCN(C)[SiH2]C=C(C)C. The standard InChI is InChI=1S/C7H17NSi/c1-5-8(4)9-6-7(2)3/h6H,5,9H2,1-4H3. The predicted molar refractivity (Wildman–Crippen MR) is 46.3 cm³/mol. The third kappa shape index (κ3) is 5.79. The molecule has 0 aliphatic carbocycles. The van der Waals surface area contributed by atoms with Gasteiger partial charge in [-0.15, -0.1) is 0 Å². The second kappa shape index (κ2) is 4.76. The second-order valence-corrected chi connectivity index (χ2v) is 4.49. The topological polar surface area (TPSA) is 3.24 Å². The van der Waals surface area contributed by atoms with Crippen LogP contribution in [0, 0.1) is 0 Å². The maximum absolute atomic E-state index is 2.41. The van der Waals surface area contributed by atoms with Gasteiger partial charge in [0.15, 0.2) is 0 Å². The van der Waals surface area contributed by atoms with Gasteiger partial charge in [-0.3, -0.25) is 0 Å². The van der Waals surface area contributed by atoms with E-state index >= 15 is 0 Å². The van der Waals surface area contributed by atoms with Gasteiger partial charge in [-0.25, -0.2) is 0 Å². The molecule has 9 heavy (non-hydrogen) atoms. The highest BCUT2D eigenvalue weighted by atomic mass is 28.2. The molecule has 0 aliphatic rings. The molecular weight excluding hydrogens is 126 g/mol. The number of rotatable bonds is 3. The van der Waals surface area contributed by atoms with Crippen molar-refractivity contribution in [2.24, 2.45) is 0 Å². The fourth-order valence-corrected chi connectivity index (χ4v) is 1.40. The Bertz CT molecular complexity index is 95.1. The molecule has 1 nitrogen and oxygen atoms in total. The van der Waals surface area contributed by atoms with Crippen molar-refractivity contribution in [2.45, 2.75) is 20.8 Å². The summed E-state index contributed by atoms with van der Waals surface area (Å²) < 4.78 is 2.41. The number of nitrogens with zero attached hydrogens (tertiary/aromatic N) is 1. The quantitative estimate of drug-likeness (QED) is 0.532. The summed E-state index contributed by atoms with van der Waals surface area (Å²) in [5.41, 5.74) is 3.84. The number of hydrogen-bond donors (Lipinski definition) is 0. The number of allylic oxidation sites excluding steroid dienone is 1. The summed E-state index contributed by atoms with van der Waals surface area (Å²) in [6.07, 6.45) is 0. The average molecular weight is 143 g/mol. The lowest BCUT2D eigenvalue weighted by Gasteiger charge is -2.09. The summed E-state index contributed by atoms with van der Waals surface area (Å²) in [4.78, 5) is 0. The van der Waals surface area contributed by atoms with E-state index in [1.165, 1.54) is 12.1 Å². The Hall–Kier alpha value is -0.0831. The zero-order chi connectivity index (χ0) is 7.28. The zero-order valence-electron chi connectivity index (χ0n) is 6.94. The molecule has 0 radical (unpaired) electrons. The van der Waals surface area contributed by atoms with E-state index in [9.17, 15) is 0 Å². The lowest BCUT2D eigenvalue weighted by molar-refractivity contribution is 0.572. The molecule has 0 saturated heterocycles. The van der Waals surface area contributed by atoms with Crippen molar-refractivity contribution in [2.75, 3.05) is 13.6 Å².